The molecule has 102 valence electrons. The Bertz CT molecular complexity index is 574. The highest BCUT2D eigenvalue weighted by molar-refractivity contribution is 5.85. The normalized spacial score (nSPS) is 18.3. The summed E-state index contributed by atoms with van der Waals surface area (Å²) < 4.78 is 2.29. The summed E-state index contributed by atoms with van der Waals surface area (Å²) in [7, 11) is 4.40. The Labute approximate surface area is 116 Å². The third kappa shape index (κ3) is 2.30. The first-order valence-electron chi connectivity index (χ1n) is 7.45. The first-order valence-corrected chi connectivity index (χ1v) is 7.45. The first kappa shape index (κ1) is 12.7. The molecule has 2 aromatic rings. The third-order valence-electron chi connectivity index (χ3n) is 4.65. The van der Waals surface area contributed by atoms with Gasteiger partial charge in [0.05, 0.1) is 0 Å². The van der Waals surface area contributed by atoms with Crippen molar-refractivity contribution in [3.63, 3.8) is 0 Å². The van der Waals surface area contributed by atoms with Crippen LogP contribution in [-0.2, 0) is 13.5 Å². The van der Waals surface area contributed by atoms with E-state index in [1.165, 1.54) is 42.4 Å². The molecule has 0 spiro atoms. The molecule has 2 heteroatoms. The fourth-order valence-corrected chi connectivity index (χ4v) is 3.33. The third-order valence-corrected chi connectivity index (χ3v) is 4.65. The van der Waals surface area contributed by atoms with Gasteiger partial charge in [0.2, 0.25) is 0 Å². The van der Waals surface area contributed by atoms with Crippen LogP contribution in [-0.4, -0.2) is 29.6 Å². The molecule has 1 fully saturated rings. The van der Waals surface area contributed by atoms with E-state index in [0.29, 0.717) is 0 Å². The van der Waals surface area contributed by atoms with Crippen LogP contribution in [0.15, 0.2) is 24.4 Å². The molecule has 0 saturated carbocycles. The summed E-state index contributed by atoms with van der Waals surface area (Å²) in [6.45, 7) is 4.70. The maximum atomic E-state index is 2.44. The number of fused-ring (bicyclic) bond motifs is 1. The highest BCUT2D eigenvalue weighted by Crippen LogP contribution is 2.34. The van der Waals surface area contributed by atoms with Gasteiger partial charge < -0.3 is 9.47 Å². The smallest absolute Gasteiger partial charge is 0.0480 e. The molecular weight excluding hydrogens is 232 g/mol. The Morgan fingerprint density at radius 2 is 1.89 bits per heavy atom. The van der Waals surface area contributed by atoms with Crippen molar-refractivity contribution in [2.75, 3.05) is 20.1 Å². The predicted octanol–water partition coefficient (Wildman–Crippen LogP) is 3.55. The van der Waals surface area contributed by atoms with Gasteiger partial charge in [-0.2, -0.15) is 0 Å². The number of nitrogens with zero attached hydrogens (tertiary/aromatic N) is 2. The Balaban J connectivity index is 2.02. The minimum atomic E-state index is 0.743. The molecular formula is C17H24N2. The van der Waals surface area contributed by atoms with Gasteiger partial charge in [-0.3, -0.25) is 0 Å². The van der Waals surface area contributed by atoms with E-state index in [1.807, 2.05) is 0 Å². The molecule has 1 aliphatic rings. The van der Waals surface area contributed by atoms with Gasteiger partial charge in [0.1, 0.15) is 0 Å². The maximum Gasteiger partial charge on any atom is 0.0480 e. The molecule has 0 unspecified atom stereocenters. The van der Waals surface area contributed by atoms with E-state index in [-0.39, 0.29) is 0 Å². The minimum absolute atomic E-state index is 0.743. The van der Waals surface area contributed by atoms with E-state index in [4.69, 9.17) is 0 Å². The van der Waals surface area contributed by atoms with Gasteiger partial charge in [0.25, 0.3) is 0 Å². The van der Waals surface area contributed by atoms with Gasteiger partial charge in [-0.15, -0.1) is 0 Å². The van der Waals surface area contributed by atoms with Crippen LogP contribution in [0.4, 0.5) is 0 Å². The lowest BCUT2D eigenvalue weighted by Gasteiger charge is -2.28. The zero-order chi connectivity index (χ0) is 13.4. The van der Waals surface area contributed by atoms with Crippen molar-refractivity contribution in [3.05, 3.63) is 35.5 Å². The van der Waals surface area contributed by atoms with Crippen LogP contribution < -0.4 is 0 Å². The van der Waals surface area contributed by atoms with E-state index in [9.17, 15) is 0 Å². The molecule has 19 heavy (non-hydrogen) atoms. The summed E-state index contributed by atoms with van der Waals surface area (Å²) in [6, 6.07) is 6.95. The van der Waals surface area contributed by atoms with Gasteiger partial charge in [-0.25, -0.2) is 0 Å². The number of aromatic nitrogens is 1. The molecule has 0 amide bonds. The van der Waals surface area contributed by atoms with Crippen LogP contribution in [0.25, 0.3) is 10.9 Å². The molecule has 1 aromatic heterocycles. The molecule has 1 aliphatic heterocycles. The Morgan fingerprint density at radius 3 is 2.58 bits per heavy atom. The molecule has 0 radical (unpaired) electrons. The average molecular weight is 256 g/mol. The molecule has 0 aliphatic carbocycles. The number of rotatable bonds is 2. The van der Waals surface area contributed by atoms with Crippen molar-refractivity contribution < 1.29 is 0 Å². The van der Waals surface area contributed by atoms with Crippen LogP contribution in [0.3, 0.4) is 0 Å². The van der Waals surface area contributed by atoms with Crippen molar-refractivity contribution in [3.8, 4) is 0 Å². The second-order valence-electron chi connectivity index (χ2n) is 5.98. The molecule has 0 bridgehead atoms. The van der Waals surface area contributed by atoms with Crippen LogP contribution in [0.5, 0.6) is 0 Å². The van der Waals surface area contributed by atoms with Crippen LogP contribution in [0.1, 0.15) is 36.8 Å². The number of likely N-dealkylation sites (tertiary alicyclic amines) is 1. The van der Waals surface area contributed by atoms with Crippen molar-refractivity contribution in [2.45, 2.75) is 32.1 Å². The van der Waals surface area contributed by atoms with Gasteiger partial charge >= 0.3 is 0 Å². The summed E-state index contributed by atoms with van der Waals surface area (Å²) in [5, 5.41) is 1.48. The maximum absolute atomic E-state index is 2.44. The number of hydrogen-bond acceptors (Lipinski definition) is 1. The molecule has 3 rings (SSSR count). The van der Waals surface area contributed by atoms with Crippen molar-refractivity contribution in [2.24, 2.45) is 7.05 Å². The lowest BCUT2D eigenvalue weighted by atomic mass is 9.89. The van der Waals surface area contributed by atoms with Gasteiger partial charge in [-0.05, 0) is 68.6 Å². The van der Waals surface area contributed by atoms with E-state index in [2.05, 4.69) is 54.9 Å². The summed E-state index contributed by atoms with van der Waals surface area (Å²) in [6.07, 6.45) is 6.08. The van der Waals surface area contributed by atoms with Gasteiger partial charge in [0, 0.05) is 24.1 Å². The fourth-order valence-electron chi connectivity index (χ4n) is 3.33. The SMILES string of the molecule is CCc1ccc2c(c1)c(C1CCN(C)CC1)cn2C. The standard InChI is InChI=1S/C17H24N2/c1-4-13-5-6-17-15(11-13)16(12-19(17)3)14-7-9-18(2)10-8-14/h5-6,11-12,14H,4,7-10H2,1-3H3. The van der Waals surface area contributed by atoms with Gasteiger partial charge in [-0.1, -0.05) is 13.0 Å². The van der Waals surface area contributed by atoms with E-state index < -0.39 is 0 Å². The molecule has 1 saturated heterocycles. The van der Waals surface area contributed by atoms with Crippen molar-refractivity contribution >= 4 is 10.9 Å². The lowest BCUT2D eigenvalue weighted by Crippen LogP contribution is -2.29. The topological polar surface area (TPSA) is 8.17 Å². The molecule has 1 aromatic carbocycles. The minimum Gasteiger partial charge on any atom is -0.350 e. The second-order valence-corrected chi connectivity index (χ2v) is 5.98. The Kier molecular flexibility index (Phi) is 3.36. The van der Waals surface area contributed by atoms with E-state index >= 15 is 0 Å². The number of piperidine rings is 1. The second kappa shape index (κ2) is 5.01. The molecule has 0 atom stereocenters. The van der Waals surface area contributed by atoms with E-state index in [1.54, 1.807) is 5.56 Å². The molecule has 0 N–H and O–H groups in total. The zero-order valence-electron chi connectivity index (χ0n) is 12.3. The highest BCUT2D eigenvalue weighted by Gasteiger charge is 2.21. The van der Waals surface area contributed by atoms with Crippen molar-refractivity contribution in [1.29, 1.82) is 0 Å². The number of aryl methyl sites for hydroxylation is 2. The Morgan fingerprint density at radius 1 is 1.16 bits per heavy atom. The summed E-state index contributed by atoms with van der Waals surface area (Å²) >= 11 is 0. The van der Waals surface area contributed by atoms with Crippen LogP contribution >= 0.6 is 0 Å². The molecule has 2 nitrogen and oxygen atoms in total. The van der Waals surface area contributed by atoms with Gasteiger partial charge in [0.15, 0.2) is 0 Å². The quantitative estimate of drug-likeness (QED) is 0.797. The highest BCUT2D eigenvalue weighted by atomic mass is 15.1. The van der Waals surface area contributed by atoms with Crippen LogP contribution in [0, 0.1) is 0 Å². The molecule has 2 heterocycles. The Hall–Kier alpha value is -1.28. The summed E-state index contributed by atoms with van der Waals surface area (Å²) in [5.41, 5.74) is 4.40. The predicted molar refractivity (Wildman–Crippen MR) is 81.8 cm³/mol. The summed E-state index contributed by atoms with van der Waals surface area (Å²) in [4.78, 5) is 2.44. The average Bonchev–Trinajstić information content (AvgIpc) is 2.76. The number of hydrogen-bond donors (Lipinski definition) is 0. The zero-order valence-corrected chi connectivity index (χ0v) is 12.3. The summed E-state index contributed by atoms with van der Waals surface area (Å²) in [5.74, 6) is 0.743. The fraction of sp³-hybridized carbons (Fsp3) is 0.529. The van der Waals surface area contributed by atoms with Crippen molar-refractivity contribution in [1.82, 2.24) is 9.47 Å². The first-order chi connectivity index (χ1) is 9.19. The van der Waals surface area contributed by atoms with E-state index in [0.717, 1.165) is 12.3 Å². The van der Waals surface area contributed by atoms with Crippen LogP contribution in [0.2, 0.25) is 0 Å². The number of benzene rings is 1. The monoisotopic (exact) mass is 256 g/mol. The lowest BCUT2D eigenvalue weighted by molar-refractivity contribution is 0.256. The largest absolute Gasteiger partial charge is 0.350 e.